The highest BCUT2D eigenvalue weighted by molar-refractivity contribution is 5.96. The fraction of sp³-hybridized carbons (Fsp3) is 0.320. The van der Waals surface area contributed by atoms with Crippen LogP contribution in [0.2, 0.25) is 0 Å². The molecule has 3 aromatic rings. The van der Waals surface area contributed by atoms with E-state index in [1.54, 1.807) is 4.90 Å². The molecule has 0 radical (unpaired) electrons. The summed E-state index contributed by atoms with van der Waals surface area (Å²) in [5.41, 5.74) is 3.76. The fourth-order valence-corrected chi connectivity index (χ4v) is 4.01. The van der Waals surface area contributed by atoms with Crippen molar-refractivity contribution < 1.29 is 9.59 Å². The highest BCUT2D eigenvalue weighted by Gasteiger charge is 2.29. The second-order valence-corrected chi connectivity index (χ2v) is 8.26. The Labute approximate surface area is 182 Å². The quantitative estimate of drug-likeness (QED) is 0.683. The van der Waals surface area contributed by atoms with E-state index in [0.717, 1.165) is 29.7 Å². The Morgan fingerprint density at radius 1 is 1.06 bits per heavy atom. The minimum absolute atomic E-state index is 0.0116. The number of hydrogen-bond donors (Lipinski definition) is 1. The third kappa shape index (κ3) is 5.02. The number of nitrogens with one attached hydrogen (secondary N) is 1. The number of piperidine rings is 1. The first-order valence-corrected chi connectivity index (χ1v) is 10.7. The van der Waals surface area contributed by atoms with E-state index in [1.165, 1.54) is 0 Å². The molecular weight excluding hydrogens is 388 g/mol. The standard InChI is InChI=1S/C25H28N4O2/c1-18-10-12-21(13-11-18)25(31)28-14-6-9-22(17-28)24(30)26-23-15-19(2)27-29(23)16-20-7-4-3-5-8-20/h3-5,7-8,10-13,15,22H,6,9,14,16-17H2,1-2H3,(H,26,30). The first kappa shape index (κ1) is 20.8. The Kier molecular flexibility index (Phi) is 6.16. The molecule has 4 rings (SSSR count). The zero-order valence-corrected chi connectivity index (χ0v) is 18.0. The number of likely N-dealkylation sites (tertiary alicyclic amines) is 1. The zero-order valence-electron chi connectivity index (χ0n) is 18.0. The first-order chi connectivity index (χ1) is 15.0. The molecule has 31 heavy (non-hydrogen) atoms. The fourth-order valence-electron chi connectivity index (χ4n) is 4.01. The molecule has 0 spiro atoms. The van der Waals surface area contributed by atoms with Gasteiger partial charge < -0.3 is 10.2 Å². The maximum atomic E-state index is 13.0. The predicted octanol–water partition coefficient (Wildman–Crippen LogP) is 4.04. The second kappa shape index (κ2) is 9.16. The number of benzene rings is 2. The van der Waals surface area contributed by atoms with Gasteiger partial charge in [-0.15, -0.1) is 0 Å². The SMILES string of the molecule is Cc1ccc(C(=O)N2CCCC(C(=O)Nc3cc(C)nn3Cc3ccccc3)C2)cc1. The van der Waals surface area contributed by atoms with Gasteiger partial charge >= 0.3 is 0 Å². The van der Waals surface area contributed by atoms with Gasteiger partial charge in [0.2, 0.25) is 5.91 Å². The van der Waals surface area contributed by atoms with E-state index >= 15 is 0 Å². The van der Waals surface area contributed by atoms with Gasteiger partial charge in [-0.1, -0.05) is 48.0 Å². The molecule has 1 N–H and O–H groups in total. The minimum Gasteiger partial charge on any atom is -0.338 e. The maximum Gasteiger partial charge on any atom is 0.253 e. The molecule has 1 unspecified atom stereocenters. The number of nitrogens with zero attached hydrogens (tertiary/aromatic N) is 3. The summed E-state index contributed by atoms with van der Waals surface area (Å²) in [6, 6.07) is 19.5. The van der Waals surface area contributed by atoms with Crippen molar-refractivity contribution in [3.63, 3.8) is 0 Å². The van der Waals surface area contributed by atoms with E-state index in [-0.39, 0.29) is 17.7 Å². The minimum atomic E-state index is -0.233. The zero-order chi connectivity index (χ0) is 21.8. The van der Waals surface area contributed by atoms with Crippen molar-refractivity contribution in [3.05, 3.63) is 83.0 Å². The molecule has 1 fully saturated rings. The van der Waals surface area contributed by atoms with E-state index in [9.17, 15) is 9.59 Å². The van der Waals surface area contributed by atoms with Crippen LogP contribution in [0, 0.1) is 19.8 Å². The average molecular weight is 417 g/mol. The molecular formula is C25H28N4O2. The van der Waals surface area contributed by atoms with Crippen LogP contribution in [0.3, 0.4) is 0 Å². The monoisotopic (exact) mass is 416 g/mol. The number of aromatic nitrogens is 2. The molecule has 1 aliphatic heterocycles. The summed E-state index contributed by atoms with van der Waals surface area (Å²) in [5, 5.41) is 7.58. The van der Waals surface area contributed by atoms with Crippen LogP contribution in [0.1, 0.15) is 40.0 Å². The number of hydrogen-bond acceptors (Lipinski definition) is 3. The van der Waals surface area contributed by atoms with Gasteiger partial charge in [0.15, 0.2) is 0 Å². The number of aryl methyl sites for hydroxylation is 2. The molecule has 1 aromatic heterocycles. The summed E-state index contributed by atoms with van der Waals surface area (Å²) in [6.07, 6.45) is 1.59. The number of carbonyl (C=O) groups is 2. The lowest BCUT2D eigenvalue weighted by molar-refractivity contribution is -0.121. The molecule has 2 aromatic carbocycles. The first-order valence-electron chi connectivity index (χ1n) is 10.7. The van der Waals surface area contributed by atoms with Crippen LogP contribution in [-0.4, -0.2) is 39.6 Å². The van der Waals surface area contributed by atoms with E-state index in [4.69, 9.17) is 0 Å². The van der Waals surface area contributed by atoms with Gasteiger partial charge in [-0.2, -0.15) is 5.10 Å². The van der Waals surface area contributed by atoms with Crippen LogP contribution in [0.15, 0.2) is 60.7 Å². The van der Waals surface area contributed by atoms with Gasteiger partial charge in [-0.3, -0.25) is 9.59 Å². The summed E-state index contributed by atoms with van der Waals surface area (Å²) >= 11 is 0. The predicted molar refractivity (Wildman–Crippen MR) is 121 cm³/mol. The van der Waals surface area contributed by atoms with Crippen molar-refractivity contribution >= 4 is 17.6 Å². The van der Waals surface area contributed by atoms with Gasteiger partial charge in [0.05, 0.1) is 18.2 Å². The highest BCUT2D eigenvalue weighted by Crippen LogP contribution is 2.22. The van der Waals surface area contributed by atoms with E-state index < -0.39 is 0 Å². The summed E-state index contributed by atoms with van der Waals surface area (Å²) in [6.45, 7) is 5.62. The summed E-state index contributed by atoms with van der Waals surface area (Å²) in [7, 11) is 0. The molecule has 160 valence electrons. The molecule has 6 heteroatoms. The van der Waals surface area contributed by atoms with Crippen molar-refractivity contribution in [1.82, 2.24) is 14.7 Å². The Balaban J connectivity index is 1.43. The Bertz CT molecular complexity index is 1060. The Morgan fingerprint density at radius 2 is 1.81 bits per heavy atom. The van der Waals surface area contributed by atoms with Crippen molar-refractivity contribution in [1.29, 1.82) is 0 Å². The molecule has 1 saturated heterocycles. The van der Waals surface area contributed by atoms with Gasteiger partial charge in [0, 0.05) is 24.7 Å². The van der Waals surface area contributed by atoms with Gasteiger partial charge in [0.1, 0.15) is 5.82 Å². The Morgan fingerprint density at radius 3 is 2.55 bits per heavy atom. The lowest BCUT2D eigenvalue weighted by Crippen LogP contribution is -2.43. The van der Waals surface area contributed by atoms with Crippen molar-refractivity contribution in [2.45, 2.75) is 33.2 Å². The Hall–Kier alpha value is -3.41. The molecule has 1 atom stereocenters. The summed E-state index contributed by atoms with van der Waals surface area (Å²) in [4.78, 5) is 27.7. The normalized spacial score (nSPS) is 16.2. The summed E-state index contributed by atoms with van der Waals surface area (Å²) < 4.78 is 1.82. The van der Waals surface area contributed by atoms with Crippen LogP contribution in [-0.2, 0) is 11.3 Å². The van der Waals surface area contributed by atoms with Crippen LogP contribution >= 0.6 is 0 Å². The molecule has 6 nitrogen and oxygen atoms in total. The lowest BCUT2D eigenvalue weighted by atomic mass is 9.96. The van der Waals surface area contributed by atoms with Gasteiger partial charge in [-0.05, 0) is 44.4 Å². The number of amides is 2. The average Bonchev–Trinajstić information content (AvgIpc) is 3.13. The topological polar surface area (TPSA) is 67.2 Å². The van der Waals surface area contributed by atoms with Gasteiger partial charge in [0.25, 0.3) is 5.91 Å². The number of rotatable bonds is 5. The highest BCUT2D eigenvalue weighted by atomic mass is 16.2. The van der Waals surface area contributed by atoms with Crippen LogP contribution in [0.4, 0.5) is 5.82 Å². The van der Waals surface area contributed by atoms with Crippen molar-refractivity contribution in [2.24, 2.45) is 5.92 Å². The third-order valence-electron chi connectivity index (χ3n) is 5.71. The van der Waals surface area contributed by atoms with E-state index in [2.05, 4.69) is 10.4 Å². The van der Waals surface area contributed by atoms with Crippen LogP contribution in [0.25, 0.3) is 0 Å². The lowest BCUT2D eigenvalue weighted by Gasteiger charge is -2.32. The number of anilines is 1. The van der Waals surface area contributed by atoms with Crippen LogP contribution < -0.4 is 5.32 Å². The van der Waals surface area contributed by atoms with Crippen LogP contribution in [0.5, 0.6) is 0 Å². The van der Waals surface area contributed by atoms with Crippen molar-refractivity contribution in [2.75, 3.05) is 18.4 Å². The van der Waals surface area contributed by atoms with Crippen molar-refractivity contribution in [3.8, 4) is 0 Å². The van der Waals surface area contributed by atoms with E-state index in [1.807, 2.05) is 79.2 Å². The van der Waals surface area contributed by atoms with Gasteiger partial charge in [-0.25, -0.2) is 4.68 Å². The molecule has 2 amide bonds. The molecule has 2 heterocycles. The summed E-state index contributed by atoms with van der Waals surface area (Å²) in [5.74, 6) is 0.384. The molecule has 1 aliphatic rings. The second-order valence-electron chi connectivity index (χ2n) is 8.26. The number of carbonyl (C=O) groups excluding carboxylic acids is 2. The molecule has 0 aliphatic carbocycles. The molecule has 0 bridgehead atoms. The van der Waals surface area contributed by atoms with E-state index in [0.29, 0.717) is 31.0 Å². The molecule has 0 saturated carbocycles. The smallest absolute Gasteiger partial charge is 0.253 e. The maximum absolute atomic E-state index is 13.0. The largest absolute Gasteiger partial charge is 0.338 e. The third-order valence-corrected chi connectivity index (χ3v) is 5.71.